The summed E-state index contributed by atoms with van der Waals surface area (Å²) >= 11 is 0. The summed E-state index contributed by atoms with van der Waals surface area (Å²) < 4.78 is 0. The van der Waals surface area contributed by atoms with E-state index in [4.69, 9.17) is 0 Å². The van der Waals surface area contributed by atoms with E-state index in [0.717, 1.165) is 24.2 Å². The Bertz CT molecular complexity index is 846. The highest BCUT2D eigenvalue weighted by Gasteiger charge is 2.52. The number of fused-ring (bicyclic) bond motifs is 1. The van der Waals surface area contributed by atoms with Gasteiger partial charge in [0.15, 0.2) is 0 Å². The van der Waals surface area contributed by atoms with E-state index < -0.39 is 11.6 Å². The maximum atomic E-state index is 13.2. The lowest BCUT2D eigenvalue weighted by atomic mass is 9.82. The van der Waals surface area contributed by atoms with Gasteiger partial charge in [-0.1, -0.05) is 31.4 Å². The van der Waals surface area contributed by atoms with Gasteiger partial charge in [0.05, 0.1) is 11.4 Å². The van der Waals surface area contributed by atoms with Crippen molar-refractivity contribution in [1.29, 1.82) is 0 Å². The van der Waals surface area contributed by atoms with Crippen LogP contribution in [0.3, 0.4) is 0 Å². The van der Waals surface area contributed by atoms with Gasteiger partial charge in [-0.15, -0.1) is 0 Å². The first-order valence-corrected chi connectivity index (χ1v) is 9.76. The number of nitrogens with zero attached hydrogens (tertiary/aromatic N) is 2. The molecule has 2 fully saturated rings. The predicted molar refractivity (Wildman–Crippen MR) is 103 cm³/mol. The van der Waals surface area contributed by atoms with Crippen LogP contribution in [0.4, 0.5) is 16.2 Å². The van der Waals surface area contributed by atoms with Crippen LogP contribution >= 0.6 is 0 Å². The van der Waals surface area contributed by atoms with Gasteiger partial charge in [0.1, 0.15) is 12.1 Å². The number of rotatable bonds is 2. The molecule has 148 valence electrons. The topological polar surface area (TPSA) is 98.8 Å². The number of imide groups is 1. The summed E-state index contributed by atoms with van der Waals surface area (Å²) in [6.07, 6.45) is 4.20. The molecule has 1 aliphatic carbocycles. The normalized spacial score (nSPS) is 23.9. The second kappa shape index (κ2) is 6.92. The van der Waals surface area contributed by atoms with Crippen molar-refractivity contribution in [3.05, 3.63) is 24.3 Å². The summed E-state index contributed by atoms with van der Waals surface area (Å²) in [5.41, 5.74) is 0.270. The first-order valence-electron chi connectivity index (χ1n) is 9.76. The number of amides is 5. The van der Waals surface area contributed by atoms with Crippen LogP contribution < -0.4 is 15.5 Å². The molecule has 8 nitrogen and oxygen atoms in total. The molecule has 2 N–H and O–H groups in total. The maximum absolute atomic E-state index is 13.2. The van der Waals surface area contributed by atoms with Gasteiger partial charge in [-0.3, -0.25) is 19.3 Å². The van der Waals surface area contributed by atoms with E-state index in [9.17, 15) is 19.2 Å². The summed E-state index contributed by atoms with van der Waals surface area (Å²) in [7, 11) is 0. The number of carbonyl (C=O) groups is 4. The Kier molecular flexibility index (Phi) is 4.56. The number of hydrogen-bond donors (Lipinski definition) is 2. The molecule has 0 bridgehead atoms. The zero-order valence-corrected chi connectivity index (χ0v) is 15.9. The molecule has 1 unspecified atom stereocenters. The van der Waals surface area contributed by atoms with Crippen LogP contribution in [-0.4, -0.2) is 46.8 Å². The molecule has 4 rings (SSSR count). The molecule has 0 aromatic heterocycles. The van der Waals surface area contributed by atoms with Crippen LogP contribution in [0.15, 0.2) is 24.3 Å². The zero-order chi connectivity index (χ0) is 19.9. The lowest BCUT2D eigenvalue weighted by Gasteiger charge is -2.31. The average Bonchev–Trinajstić information content (AvgIpc) is 2.80. The number of carbonyl (C=O) groups excluding carboxylic acids is 4. The van der Waals surface area contributed by atoms with E-state index in [1.807, 2.05) is 0 Å². The van der Waals surface area contributed by atoms with Crippen LogP contribution in [0.1, 0.15) is 45.4 Å². The number of para-hydroxylation sites is 2. The van der Waals surface area contributed by atoms with Gasteiger partial charge in [-0.25, -0.2) is 4.79 Å². The van der Waals surface area contributed by atoms with Gasteiger partial charge in [-0.2, -0.15) is 0 Å². The quantitative estimate of drug-likeness (QED) is 0.762. The Balaban J connectivity index is 1.59. The van der Waals surface area contributed by atoms with Crippen LogP contribution in [0.5, 0.6) is 0 Å². The molecule has 5 amide bonds. The molecular weight excluding hydrogens is 360 g/mol. The molecule has 1 saturated heterocycles. The Morgan fingerprint density at radius 3 is 2.61 bits per heavy atom. The molecule has 1 aromatic rings. The van der Waals surface area contributed by atoms with Gasteiger partial charge < -0.3 is 15.5 Å². The van der Waals surface area contributed by atoms with Gasteiger partial charge in [0.2, 0.25) is 11.8 Å². The summed E-state index contributed by atoms with van der Waals surface area (Å²) in [6.45, 7) is 1.45. The fourth-order valence-electron chi connectivity index (χ4n) is 4.49. The molecule has 3 aliphatic rings. The smallest absolute Gasteiger partial charge is 0.324 e. The fraction of sp³-hybridized carbons (Fsp3) is 0.500. The molecule has 8 heteroatoms. The molecule has 2 aliphatic heterocycles. The minimum absolute atomic E-state index is 0.143. The molecule has 2 heterocycles. The van der Waals surface area contributed by atoms with Crippen molar-refractivity contribution < 1.29 is 19.2 Å². The largest absolute Gasteiger partial charge is 0.325 e. The van der Waals surface area contributed by atoms with E-state index >= 15 is 0 Å². The summed E-state index contributed by atoms with van der Waals surface area (Å²) in [4.78, 5) is 53.2. The van der Waals surface area contributed by atoms with Gasteiger partial charge in [-0.05, 0) is 31.9 Å². The summed E-state index contributed by atoms with van der Waals surface area (Å²) in [5.74, 6) is -0.866. The number of benzene rings is 1. The van der Waals surface area contributed by atoms with Crippen molar-refractivity contribution in [3.63, 3.8) is 0 Å². The highest BCUT2D eigenvalue weighted by atomic mass is 16.2. The number of urea groups is 1. The van der Waals surface area contributed by atoms with Crippen LogP contribution in [-0.2, 0) is 14.4 Å². The Morgan fingerprint density at radius 2 is 1.86 bits per heavy atom. The number of hydrogen-bond acceptors (Lipinski definition) is 4. The zero-order valence-electron chi connectivity index (χ0n) is 15.9. The highest BCUT2D eigenvalue weighted by Crippen LogP contribution is 2.35. The predicted octanol–water partition coefficient (Wildman–Crippen LogP) is 2.00. The number of anilines is 2. The van der Waals surface area contributed by atoms with Crippen molar-refractivity contribution >= 4 is 35.1 Å². The summed E-state index contributed by atoms with van der Waals surface area (Å²) in [6, 6.07) is 6.15. The number of nitrogens with one attached hydrogen (secondary N) is 2. The molecule has 1 atom stereocenters. The monoisotopic (exact) mass is 384 g/mol. The minimum atomic E-state index is -0.852. The van der Waals surface area contributed by atoms with Crippen LogP contribution in [0.25, 0.3) is 0 Å². The SMILES string of the molecule is CC1CC(=O)Nc2ccccc2N1C(=O)CN1C(=O)NC2(CCCCC2)C1=O. The van der Waals surface area contributed by atoms with Crippen LogP contribution in [0.2, 0.25) is 0 Å². The molecule has 1 saturated carbocycles. The summed E-state index contributed by atoms with van der Waals surface area (Å²) in [5, 5.41) is 5.63. The average molecular weight is 384 g/mol. The van der Waals surface area contributed by atoms with E-state index in [0.29, 0.717) is 24.2 Å². The highest BCUT2D eigenvalue weighted by molar-refractivity contribution is 6.11. The standard InChI is InChI=1S/C20H24N4O4/c1-13-11-16(25)21-14-7-3-4-8-15(14)24(13)17(26)12-23-18(27)20(22-19(23)28)9-5-2-6-10-20/h3-4,7-8,13H,2,5-6,9-12H2,1H3,(H,21,25)(H,22,28). The Labute approximate surface area is 163 Å². The van der Waals surface area contributed by atoms with Gasteiger partial charge in [0, 0.05) is 12.5 Å². The molecule has 0 radical (unpaired) electrons. The first-order chi connectivity index (χ1) is 13.4. The van der Waals surface area contributed by atoms with Crippen LogP contribution in [0, 0.1) is 0 Å². The lowest BCUT2D eigenvalue weighted by molar-refractivity contribution is -0.135. The van der Waals surface area contributed by atoms with Crippen molar-refractivity contribution in [3.8, 4) is 0 Å². The first kappa shape index (κ1) is 18.5. The van der Waals surface area contributed by atoms with Crippen molar-refractivity contribution in [2.45, 2.75) is 57.0 Å². The lowest BCUT2D eigenvalue weighted by Crippen LogP contribution is -2.50. The van der Waals surface area contributed by atoms with Crippen molar-refractivity contribution in [2.24, 2.45) is 0 Å². The second-order valence-corrected chi connectivity index (χ2v) is 7.85. The molecule has 28 heavy (non-hydrogen) atoms. The Hall–Kier alpha value is -2.90. The fourth-order valence-corrected chi connectivity index (χ4v) is 4.49. The molecule has 1 aromatic carbocycles. The van der Waals surface area contributed by atoms with Crippen molar-refractivity contribution in [2.75, 3.05) is 16.8 Å². The van der Waals surface area contributed by atoms with Crippen molar-refractivity contribution in [1.82, 2.24) is 10.2 Å². The van der Waals surface area contributed by atoms with E-state index in [1.54, 1.807) is 31.2 Å². The minimum Gasteiger partial charge on any atom is -0.324 e. The van der Waals surface area contributed by atoms with E-state index in [1.165, 1.54) is 4.90 Å². The Morgan fingerprint density at radius 1 is 1.14 bits per heavy atom. The maximum Gasteiger partial charge on any atom is 0.325 e. The molecule has 1 spiro atoms. The van der Waals surface area contributed by atoms with E-state index in [-0.39, 0.29) is 36.7 Å². The third kappa shape index (κ3) is 3.02. The van der Waals surface area contributed by atoms with E-state index in [2.05, 4.69) is 10.6 Å². The molecular formula is C20H24N4O4. The third-order valence-corrected chi connectivity index (χ3v) is 5.87. The third-order valence-electron chi connectivity index (χ3n) is 5.87. The second-order valence-electron chi connectivity index (χ2n) is 7.85. The van der Waals surface area contributed by atoms with Gasteiger partial charge >= 0.3 is 6.03 Å². The van der Waals surface area contributed by atoms with Gasteiger partial charge in [0.25, 0.3) is 5.91 Å².